The third-order valence-electron chi connectivity index (χ3n) is 6.58. The summed E-state index contributed by atoms with van der Waals surface area (Å²) >= 11 is 0. The molecule has 0 unspecified atom stereocenters. The highest BCUT2D eigenvalue weighted by atomic mass is 16.3. The Morgan fingerprint density at radius 1 is 1.10 bits per heavy atom. The fourth-order valence-corrected chi connectivity index (χ4v) is 4.74. The maximum Gasteiger partial charge on any atom is 0.238 e. The normalized spacial score (nSPS) is 18.4. The van der Waals surface area contributed by atoms with Crippen LogP contribution in [0, 0.1) is 0 Å². The van der Waals surface area contributed by atoms with Crippen molar-refractivity contribution < 1.29 is 14.7 Å². The number of hydrogen-bond donors (Lipinski definition) is 2. The minimum atomic E-state index is -0.00732. The summed E-state index contributed by atoms with van der Waals surface area (Å²) in [5.74, 6) is 0.132. The van der Waals surface area contributed by atoms with Gasteiger partial charge in [-0.05, 0) is 30.9 Å². The van der Waals surface area contributed by atoms with Crippen LogP contribution in [0.2, 0.25) is 0 Å². The summed E-state index contributed by atoms with van der Waals surface area (Å²) in [6.45, 7) is 6.18. The molecular formula is C24H38N4O3. The number of rotatable bonds is 9. The highest BCUT2D eigenvalue weighted by Gasteiger charge is 2.27. The van der Waals surface area contributed by atoms with Crippen molar-refractivity contribution in [2.24, 2.45) is 0 Å². The Morgan fingerprint density at radius 3 is 2.48 bits per heavy atom. The molecule has 172 valence electrons. The molecule has 0 atom stereocenters. The van der Waals surface area contributed by atoms with E-state index in [1.165, 1.54) is 19.3 Å². The van der Waals surface area contributed by atoms with Crippen molar-refractivity contribution in [1.82, 2.24) is 14.7 Å². The summed E-state index contributed by atoms with van der Waals surface area (Å²) in [5, 5.41) is 12.5. The average Bonchev–Trinajstić information content (AvgIpc) is 2.80. The van der Waals surface area contributed by atoms with Crippen LogP contribution in [0.15, 0.2) is 24.3 Å². The van der Waals surface area contributed by atoms with Crippen LogP contribution < -0.4 is 5.32 Å². The molecule has 1 aromatic carbocycles. The van der Waals surface area contributed by atoms with E-state index >= 15 is 0 Å². The number of carbonyl (C=O) groups is 2. The number of anilines is 1. The molecule has 2 fully saturated rings. The minimum absolute atomic E-state index is 0.00732. The molecule has 1 saturated carbocycles. The monoisotopic (exact) mass is 430 g/mol. The Hall–Kier alpha value is -1.96. The van der Waals surface area contributed by atoms with E-state index in [0.29, 0.717) is 51.9 Å². The molecule has 1 aliphatic heterocycles. The minimum Gasteiger partial charge on any atom is -0.395 e. The third-order valence-corrected chi connectivity index (χ3v) is 6.58. The summed E-state index contributed by atoms with van der Waals surface area (Å²) in [4.78, 5) is 31.6. The van der Waals surface area contributed by atoms with Crippen molar-refractivity contribution >= 4 is 17.5 Å². The molecule has 3 rings (SSSR count). The number of carbonyl (C=O) groups excluding carboxylic acids is 2. The zero-order chi connectivity index (χ0) is 22.1. The van der Waals surface area contributed by atoms with Crippen LogP contribution in [-0.4, -0.2) is 90.1 Å². The molecule has 7 heteroatoms. The van der Waals surface area contributed by atoms with Gasteiger partial charge < -0.3 is 15.3 Å². The van der Waals surface area contributed by atoms with Crippen molar-refractivity contribution in [2.45, 2.75) is 51.5 Å². The van der Waals surface area contributed by atoms with E-state index in [1.54, 1.807) is 0 Å². The fraction of sp³-hybridized carbons (Fsp3) is 0.667. The number of nitrogens with zero attached hydrogens (tertiary/aromatic N) is 3. The van der Waals surface area contributed by atoms with E-state index in [0.717, 1.165) is 30.5 Å². The predicted molar refractivity (Wildman–Crippen MR) is 123 cm³/mol. The molecule has 0 bridgehead atoms. The van der Waals surface area contributed by atoms with Gasteiger partial charge in [0.05, 0.1) is 19.7 Å². The molecule has 0 radical (unpaired) electrons. The van der Waals surface area contributed by atoms with Crippen LogP contribution in [0.4, 0.5) is 5.69 Å². The van der Waals surface area contributed by atoms with Crippen molar-refractivity contribution in [2.75, 3.05) is 57.7 Å². The number of hydrogen-bond acceptors (Lipinski definition) is 5. The van der Waals surface area contributed by atoms with Crippen LogP contribution in [0.5, 0.6) is 0 Å². The Morgan fingerprint density at radius 2 is 1.81 bits per heavy atom. The van der Waals surface area contributed by atoms with Crippen molar-refractivity contribution in [3.8, 4) is 0 Å². The molecular weight excluding hydrogens is 392 g/mol. The quantitative estimate of drug-likeness (QED) is 0.626. The standard InChI is InChI=1S/C24H38N4O3/c1-2-20-8-6-7-11-22(20)25-23(30)18-26-12-14-27(15-13-26)24(31)19-28(16-17-29)21-9-4-3-5-10-21/h6-8,11,21,29H,2-5,9-10,12-19H2,1H3,(H,25,30). The van der Waals surface area contributed by atoms with Gasteiger partial charge >= 0.3 is 0 Å². The average molecular weight is 431 g/mol. The predicted octanol–water partition coefficient (Wildman–Crippen LogP) is 1.96. The number of benzene rings is 1. The van der Waals surface area contributed by atoms with Gasteiger partial charge in [0.2, 0.25) is 11.8 Å². The van der Waals surface area contributed by atoms with E-state index in [1.807, 2.05) is 29.2 Å². The lowest BCUT2D eigenvalue weighted by atomic mass is 9.94. The van der Waals surface area contributed by atoms with Crippen LogP contribution in [0.3, 0.4) is 0 Å². The maximum absolute atomic E-state index is 12.9. The SMILES string of the molecule is CCc1ccccc1NC(=O)CN1CCN(C(=O)CN(CCO)C2CCCCC2)CC1. The van der Waals surface area contributed by atoms with Gasteiger partial charge in [-0.1, -0.05) is 44.4 Å². The lowest BCUT2D eigenvalue weighted by Gasteiger charge is -2.38. The van der Waals surface area contributed by atoms with Gasteiger partial charge in [0.25, 0.3) is 0 Å². The molecule has 2 amide bonds. The maximum atomic E-state index is 12.9. The van der Waals surface area contributed by atoms with Gasteiger partial charge in [-0.3, -0.25) is 19.4 Å². The van der Waals surface area contributed by atoms with Crippen LogP contribution >= 0.6 is 0 Å². The van der Waals surface area contributed by atoms with E-state index in [-0.39, 0.29) is 18.4 Å². The largest absolute Gasteiger partial charge is 0.395 e. The first-order chi connectivity index (χ1) is 15.1. The Bertz CT molecular complexity index is 713. The van der Waals surface area contributed by atoms with Crippen LogP contribution in [0.1, 0.15) is 44.6 Å². The summed E-state index contributed by atoms with van der Waals surface area (Å²) in [7, 11) is 0. The first-order valence-corrected chi connectivity index (χ1v) is 11.8. The molecule has 0 spiro atoms. The molecule has 2 N–H and O–H groups in total. The first kappa shape index (κ1) is 23.7. The number of para-hydroxylation sites is 1. The molecule has 0 aromatic heterocycles. The second-order valence-electron chi connectivity index (χ2n) is 8.70. The molecule has 1 aliphatic carbocycles. The number of amides is 2. The summed E-state index contributed by atoms with van der Waals surface area (Å²) < 4.78 is 0. The Balaban J connectivity index is 1.43. The molecule has 31 heavy (non-hydrogen) atoms. The van der Waals surface area contributed by atoms with E-state index < -0.39 is 0 Å². The van der Waals surface area contributed by atoms with Gasteiger partial charge in [-0.15, -0.1) is 0 Å². The van der Waals surface area contributed by atoms with Crippen molar-refractivity contribution in [3.05, 3.63) is 29.8 Å². The molecule has 1 aromatic rings. The summed E-state index contributed by atoms with van der Waals surface area (Å²) in [5.41, 5.74) is 2.02. The smallest absolute Gasteiger partial charge is 0.238 e. The number of piperazine rings is 1. The second kappa shape index (κ2) is 12.2. The highest BCUT2D eigenvalue weighted by Crippen LogP contribution is 2.22. The van der Waals surface area contributed by atoms with Gasteiger partial charge in [-0.25, -0.2) is 0 Å². The van der Waals surface area contributed by atoms with Gasteiger partial charge in [0, 0.05) is 44.5 Å². The molecule has 1 heterocycles. The fourth-order valence-electron chi connectivity index (χ4n) is 4.74. The molecule has 2 aliphatic rings. The van der Waals surface area contributed by atoms with Crippen molar-refractivity contribution in [1.29, 1.82) is 0 Å². The number of aliphatic hydroxyl groups is 1. The highest BCUT2D eigenvalue weighted by molar-refractivity contribution is 5.93. The number of nitrogens with one attached hydrogen (secondary N) is 1. The van der Waals surface area contributed by atoms with Crippen LogP contribution in [-0.2, 0) is 16.0 Å². The number of aliphatic hydroxyl groups excluding tert-OH is 1. The lowest BCUT2D eigenvalue weighted by Crippen LogP contribution is -2.53. The first-order valence-electron chi connectivity index (χ1n) is 11.8. The zero-order valence-corrected chi connectivity index (χ0v) is 18.9. The topological polar surface area (TPSA) is 76.1 Å². The summed E-state index contributed by atoms with van der Waals surface area (Å²) in [6.07, 6.45) is 6.82. The second-order valence-corrected chi connectivity index (χ2v) is 8.70. The van der Waals surface area contributed by atoms with Gasteiger partial charge in [0.15, 0.2) is 0 Å². The van der Waals surface area contributed by atoms with E-state index in [9.17, 15) is 14.7 Å². The van der Waals surface area contributed by atoms with E-state index in [4.69, 9.17) is 0 Å². The van der Waals surface area contributed by atoms with Crippen LogP contribution in [0.25, 0.3) is 0 Å². The molecule has 1 saturated heterocycles. The third kappa shape index (κ3) is 7.02. The van der Waals surface area contributed by atoms with Crippen molar-refractivity contribution in [3.63, 3.8) is 0 Å². The number of aryl methyl sites for hydroxylation is 1. The van der Waals surface area contributed by atoms with Gasteiger partial charge in [-0.2, -0.15) is 0 Å². The zero-order valence-electron chi connectivity index (χ0n) is 18.9. The Labute approximate surface area is 186 Å². The van der Waals surface area contributed by atoms with E-state index in [2.05, 4.69) is 22.0 Å². The Kier molecular flexibility index (Phi) is 9.31. The molecule has 7 nitrogen and oxygen atoms in total. The van der Waals surface area contributed by atoms with Gasteiger partial charge in [0.1, 0.15) is 0 Å². The lowest BCUT2D eigenvalue weighted by molar-refractivity contribution is -0.135. The summed E-state index contributed by atoms with van der Waals surface area (Å²) in [6, 6.07) is 8.32.